The van der Waals surface area contributed by atoms with Crippen molar-refractivity contribution in [3.05, 3.63) is 65.7 Å². The Bertz CT molecular complexity index is 1340. The van der Waals surface area contributed by atoms with Crippen molar-refractivity contribution in [1.29, 1.82) is 0 Å². The smallest absolute Gasteiger partial charge is 0.409 e. The van der Waals surface area contributed by atoms with Gasteiger partial charge >= 0.3 is 12.1 Å². The molecule has 2 aromatic rings. The molecule has 0 spiro atoms. The van der Waals surface area contributed by atoms with Crippen molar-refractivity contribution in [3.8, 4) is 5.75 Å². The van der Waals surface area contributed by atoms with E-state index < -0.39 is 73.2 Å². The number of nitrogens with one attached hydrogen (secondary N) is 5. The molecule has 0 saturated heterocycles. The van der Waals surface area contributed by atoms with Gasteiger partial charge in [-0.3, -0.25) is 19.2 Å². The zero-order valence-electron chi connectivity index (χ0n) is 25.8. The minimum absolute atomic E-state index is 0.00525. The molecule has 250 valence electrons. The van der Waals surface area contributed by atoms with E-state index in [0.717, 1.165) is 0 Å². The molecule has 0 aliphatic rings. The van der Waals surface area contributed by atoms with Crippen LogP contribution in [0, 0.1) is 5.92 Å². The third-order valence-corrected chi connectivity index (χ3v) is 6.61. The topological polar surface area (TPSA) is 232 Å². The second-order valence-electron chi connectivity index (χ2n) is 10.9. The number of ether oxygens (including phenoxy) is 1. The first kappa shape index (κ1) is 37.0. The van der Waals surface area contributed by atoms with Crippen LogP contribution < -0.4 is 26.6 Å². The number of amides is 5. The van der Waals surface area contributed by atoms with Crippen LogP contribution in [0.3, 0.4) is 0 Å². The van der Waals surface area contributed by atoms with Crippen LogP contribution in [0.4, 0.5) is 4.79 Å². The predicted octanol–water partition coefficient (Wildman–Crippen LogP) is -0.0568. The van der Waals surface area contributed by atoms with E-state index in [1.165, 1.54) is 31.2 Å². The molecule has 2 rings (SSSR count). The summed E-state index contributed by atoms with van der Waals surface area (Å²) in [6, 6.07) is 9.89. The number of hydrogen-bond donors (Lipinski definition) is 8. The summed E-state index contributed by atoms with van der Waals surface area (Å²) in [6.45, 7) is 3.49. The largest absolute Gasteiger partial charge is 0.508 e. The Kier molecular flexibility index (Phi) is 15.0. The molecule has 5 amide bonds. The first-order valence-corrected chi connectivity index (χ1v) is 14.6. The predicted molar refractivity (Wildman–Crippen MR) is 164 cm³/mol. The fraction of sp³-hybridized carbons (Fsp3) is 0.419. The monoisotopic (exact) mass is 643 g/mol. The third kappa shape index (κ3) is 13.2. The van der Waals surface area contributed by atoms with Gasteiger partial charge in [0.25, 0.3) is 0 Å². The minimum atomic E-state index is -1.23. The highest BCUT2D eigenvalue weighted by Gasteiger charge is 2.29. The summed E-state index contributed by atoms with van der Waals surface area (Å²) >= 11 is 0. The van der Waals surface area contributed by atoms with Crippen LogP contribution in [0.15, 0.2) is 54.6 Å². The van der Waals surface area contributed by atoms with Crippen LogP contribution in [-0.4, -0.2) is 88.5 Å². The van der Waals surface area contributed by atoms with Crippen LogP contribution in [0.25, 0.3) is 0 Å². The van der Waals surface area contributed by atoms with Crippen molar-refractivity contribution in [2.45, 2.75) is 64.2 Å². The van der Waals surface area contributed by atoms with Crippen molar-refractivity contribution in [2.75, 3.05) is 13.3 Å². The highest BCUT2D eigenvalue weighted by atomic mass is 16.6. The summed E-state index contributed by atoms with van der Waals surface area (Å²) in [5, 5.41) is 40.0. The molecule has 0 aliphatic heterocycles. The van der Waals surface area contributed by atoms with E-state index in [1.807, 2.05) is 13.8 Å². The van der Waals surface area contributed by atoms with Gasteiger partial charge in [0.1, 0.15) is 29.9 Å². The molecular weight excluding hydrogens is 602 g/mol. The highest BCUT2D eigenvalue weighted by molar-refractivity contribution is 5.94. The number of phenolic OH excluding ortho intramolecular Hbond substituents is 1. The molecule has 0 heterocycles. The summed E-state index contributed by atoms with van der Waals surface area (Å²) < 4.78 is 4.44. The Hall–Kier alpha value is -5.18. The molecular formula is C31H41N5O10. The molecule has 0 aromatic heterocycles. The van der Waals surface area contributed by atoms with Gasteiger partial charge in [0.15, 0.2) is 6.79 Å². The number of aliphatic carboxylic acids is 1. The standard InChI is InChI=1S/C31H41N5O10/c1-18(2)13-25(30(43)44)35-29(42)23(14-20-7-5-4-6-8-20)34-26(39)16-32-27(40)19(3)33-28(41)24(36-31(45)46-17-37)15-21-9-11-22(38)12-10-21/h4-12,18-19,23-25,37-38H,13-17H2,1-3H3,(H,32,40)(H,33,41)(H,34,39)(H,35,42)(H,36,45)(H,43,44)/t19-,23+,24+,25-/m1/s1. The summed E-state index contributed by atoms with van der Waals surface area (Å²) in [4.78, 5) is 75.2. The lowest BCUT2D eigenvalue weighted by molar-refractivity contribution is -0.142. The number of carboxylic acids is 1. The van der Waals surface area contributed by atoms with Gasteiger partial charge in [-0.15, -0.1) is 0 Å². The molecule has 4 atom stereocenters. The Balaban J connectivity index is 2.03. The minimum Gasteiger partial charge on any atom is -0.508 e. The van der Waals surface area contributed by atoms with Crippen LogP contribution in [-0.2, 0) is 41.6 Å². The number of aliphatic hydroxyl groups is 1. The number of aliphatic hydroxyl groups excluding tert-OH is 1. The number of phenols is 1. The van der Waals surface area contributed by atoms with Crippen molar-refractivity contribution < 1.29 is 48.8 Å². The van der Waals surface area contributed by atoms with E-state index in [9.17, 15) is 39.0 Å². The highest BCUT2D eigenvalue weighted by Crippen LogP contribution is 2.12. The van der Waals surface area contributed by atoms with Gasteiger partial charge in [-0.25, -0.2) is 9.59 Å². The van der Waals surface area contributed by atoms with Gasteiger partial charge in [0.2, 0.25) is 23.6 Å². The van der Waals surface area contributed by atoms with Crippen LogP contribution in [0.2, 0.25) is 0 Å². The second kappa shape index (κ2) is 18.6. The molecule has 2 aromatic carbocycles. The van der Waals surface area contributed by atoms with E-state index in [1.54, 1.807) is 30.3 Å². The number of rotatable bonds is 17. The lowest BCUT2D eigenvalue weighted by Crippen LogP contribution is -2.56. The van der Waals surface area contributed by atoms with Crippen LogP contribution in [0.5, 0.6) is 5.75 Å². The Morgan fingerprint density at radius 2 is 1.28 bits per heavy atom. The second-order valence-corrected chi connectivity index (χ2v) is 10.9. The molecule has 0 bridgehead atoms. The number of hydrogen-bond acceptors (Lipinski definition) is 9. The van der Waals surface area contributed by atoms with E-state index in [0.29, 0.717) is 11.1 Å². The lowest BCUT2D eigenvalue weighted by atomic mass is 10.0. The number of alkyl carbamates (subject to hydrolysis) is 1. The SMILES string of the molecule is CC(C)C[C@@H](NC(=O)[C@H](Cc1ccccc1)NC(=O)CNC(=O)[C@@H](C)NC(=O)[C@H](Cc1ccc(O)cc1)NC(=O)OCO)C(=O)O. The molecule has 0 radical (unpaired) electrons. The summed E-state index contributed by atoms with van der Waals surface area (Å²) in [6.07, 6.45) is -0.890. The van der Waals surface area contributed by atoms with Gasteiger partial charge in [-0.1, -0.05) is 56.3 Å². The molecule has 8 N–H and O–H groups in total. The van der Waals surface area contributed by atoms with Crippen LogP contribution >= 0.6 is 0 Å². The number of carbonyl (C=O) groups is 6. The quantitative estimate of drug-likeness (QED) is 0.107. The van der Waals surface area contributed by atoms with Crippen LogP contribution in [0.1, 0.15) is 38.3 Å². The van der Waals surface area contributed by atoms with Gasteiger partial charge in [0, 0.05) is 12.8 Å². The molecule has 0 aliphatic carbocycles. The van der Waals surface area contributed by atoms with Gasteiger partial charge in [0.05, 0.1) is 6.54 Å². The Morgan fingerprint density at radius 3 is 1.85 bits per heavy atom. The fourth-order valence-electron chi connectivity index (χ4n) is 4.29. The number of benzene rings is 2. The van der Waals surface area contributed by atoms with Gasteiger partial charge in [-0.2, -0.15) is 0 Å². The number of carbonyl (C=O) groups excluding carboxylic acids is 5. The first-order valence-electron chi connectivity index (χ1n) is 14.6. The number of carboxylic acid groups (broad SMARTS) is 1. The van der Waals surface area contributed by atoms with Crippen molar-refractivity contribution in [3.63, 3.8) is 0 Å². The summed E-state index contributed by atoms with van der Waals surface area (Å²) in [7, 11) is 0. The van der Waals surface area contributed by atoms with Crippen molar-refractivity contribution in [1.82, 2.24) is 26.6 Å². The zero-order valence-corrected chi connectivity index (χ0v) is 25.8. The molecule has 0 unspecified atom stereocenters. The molecule has 15 heteroatoms. The Morgan fingerprint density at radius 1 is 0.717 bits per heavy atom. The van der Waals surface area contributed by atoms with Gasteiger partial charge < -0.3 is 46.6 Å². The first-order chi connectivity index (χ1) is 21.8. The normalized spacial score (nSPS) is 13.3. The fourth-order valence-corrected chi connectivity index (χ4v) is 4.29. The maximum atomic E-state index is 13.1. The van der Waals surface area contributed by atoms with Crippen molar-refractivity contribution in [2.24, 2.45) is 5.92 Å². The van der Waals surface area contributed by atoms with E-state index >= 15 is 0 Å². The molecule has 15 nitrogen and oxygen atoms in total. The molecule has 46 heavy (non-hydrogen) atoms. The molecule has 0 saturated carbocycles. The van der Waals surface area contributed by atoms with Gasteiger partial charge in [-0.05, 0) is 42.5 Å². The maximum absolute atomic E-state index is 13.1. The number of aromatic hydroxyl groups is 1. The van der Waals surface area contributed by atoms with Crippen molar-refractivity contribution >= 4 is 35.7 Å². The zero-order chi connectivity index (χ0) is 34.2. The average Bonchev–Trinajstić information content (AvgIpc) is 3.00. The van der Waals surface area contributed by atoms with E-state index in [2.05, 4.69) is 31.3 Å². The van der Waals surface area contributed by atoms with E-state index in [-0.39, 0.29) is 30.9 Å². The average molecular weight is 644 g/mol. The maximum Gasteiger partial charge on any atom is 0.409 e. The molecule has 0 fully saturated rings. The van der Waals surface area contributed by atoms with E-state index in [4.69, 9.17) is 5.11 Å². The lowest BCUT2D eigenvalue weighted by Gasteiger charge is -2.23. The third-order valence-electron chi connectivity index (χ3n) is 6.61. The Labute approximate surface area is 266 Å². The summed E-state index contributed by atoms with van der Waals surface area (Å²) in [5.41, 5.74) is 1.27. The summed E-state index contributed by atoms with van der Waals surface area (Å²) in [5.74, 6) is -4.20.